The largest absolute Gasteiger partial charge is 0.465 e. The molecule has 3 aromatic rings. The summed E-state index contributed by atoms with van der Waals surface area (Å²) in [7, 11) is 0. The van der Waals surface area contributed by atoms with Crippen molar-refractivity contribution in [3.05, 3.63) is 69.5 Å². The van der Waals surface area contributed by atoms with Crippen LogP contribution in [0, 0.1) is 13.8 Å². The van der Waals surface area contributed by atoms with Gasteiger partial charge in [-0.2, -0.15) is 0 Å². The lowest BCUT2D eigenvalue weighted by Gasteiger charge is -2.33. The van der Waals surface area contributed by atoms with Gasteiger partial charge in [-0.1, -0.05) is 18.1 Å². The number of nitrogens with zero attached hydrogens (tertiary/aromatic N) is 1. The quantitative estimate of drug-likeness (QED) is 0.709. The zero-order chi connectivity index (χ0) is 20.4. The van der Waals surface area contributed by atoms with E-state index >= 15 is 0 Å². The summed E-state index contributed by atoms with van der Waals surface area (Å²) in [6, 6.07) is 10.5. The summed E-state index contributed by atoms with van der Waals surface area (Å²) < 4.78 is 11.6. The second-order valence-corrected chi connectivity index (χ2v) is 7.75. The molecule has 1 N–H and O–H groups in total. The number of benzene rings is 1. The molecular formula is C23H26N2O4. The molecule has 1 aliphatic rings. The van der Waals surface area contributed by atoms with Gasteiger partial charge in [0.15, 0.2) is 11.2 Å². The third-order valence-electron chi connectivity index (χ3n) is 5.48. The molecule has 0 unspecified atom stereocenters. The molecule has 0 bridgehead atoms. The number of furan rings is 1. The lowest BCUT2D eigenvalue weighted by molar-refractivity contribution is 0.0887. The first-order valence-electron chi connectivity index (χ1n) is 10.1. The van der Waals surface area contributed by atoms with Gasteiger partial charge in [-0.15, -0.1) is 0 Å². The molecule has 1 aliphatic heterocycles. The average Bonchev–Trinajstić information content (AvgIpc) is 3.15. The number of hydrogen-bond acceptors (Lipinski definition) is 5. The Balaban J connectivity index is 1.54. The van der Waals surface area contributed by atoms with E-state index in [9.17, 15) is 9.59 Å². The van der Waals surface area contributed by atoms with Crippen LogP contribution in [0.5, 0.6) is 0 Å². The third-order valence-corrected chi connectivity index (χ3v) is 5.48. The number of carbonyl (C=O) groups is 1. The van der Waals surface area contributed by atoms with Crippen molar-refractivity contribution in [1.29, 1.82) is 0 Å². The SMILES string of the molecule is Cc1ccc2oc(C(=O)NC[C@@H](c3ccc(C)o3)N3CCCCC3)cc(=O)c2c1. The minimum atomic E-state index is -0.394. The number of rotatable bonds is 5. The van der Waals surface area contributed by atoms with Crippen molar-refractivity contribution in [2.75, 3.05) is 19.6 Å². The highest BCUT2D eigenvalue weighted by Gasteiger charge is 2.26. The Morgan fingerprint density at radius 1 is 1.07 bits per heavy atom. The van der Waals surface area contributed by atoms with Crippen LogP contribution < -0.4 is 10.7 Å². The van der Waals surface area contributed by atoms with E-state index in [0.29, 0.717) is 17.5 Å². The van der Waals surface area contributed by atoms with Gasteiger partial charge in [-0.3, -0.25) is 14.5 Å². The number of amides is 1. The van der Waals surface area contributed by atoms with Crippen LogP contribution in [0.2, 0.25) is 0 Å². The summed E-state index contributed by atoms with van der Waals surface area (Å²) in [5.41, 5.74) is 1.18. The maximum absolute atomic E-state index is 12.7. The number of carbonyl (C=O) groups excluding carboxylic acids is 1. The summed E-state index contributed by atoms with van der Waals surface area (Å²) in [4.78, 5) is 27.5. The Morgan fingerprint density at radius 3 is 2.59 bits per heavy atom. The van der Waals surface area contributed by atoms with Crippen molar-refractivity contribution in [2.24, 2.45) is 0 Å². The zero-order valence-corrected chi connectivity index (χ0v) is 16.9. The first kappa shape index (κ1) is 19.5. The molecule has 1 aromatic carbocycles. The van der Waals surface area contributed by atoms with Gasteiger partial charge in [0.05, 0.1) is 11.4 Å². The fourth-order valence-electron chi connectivity index (χ4n) is 3.93. The summed E-state index contributed by atoms with van der Waals surface area (Å²) in [5, 5.41) is 3.42. The Morgan fingerprint density at radius 2 is 1.86 bits per heavy atom. The lowest BCUT2D eigenvalue weighted by atomic mass is 10.1. The molecule has 6 nitrogen and oxygen atoms in total. The molecule has 3 heterocycles. The molecule has 152 valence electrons. The van der Waals surface area contributed by atoms with Gasteiger partial charge in [0.1, 0.15) is 17.1 Å². The number of fused-ring (bicyclic) bond motifs is 1. The van der Waals surface area contributed by atoms with Crippen LogP contribution in [0.1, 0.15) is 52.9 Å². The first-order valence-corrected chi connectivity index (χ1v) is 10.1. The predicted molar refractivity (Wildman–Crippen MR) is 111 cm³/mol. The van der Waals surface area contributed by atoms with Gasteiger partial charge in [-0.05, 0) is 64.0 Å². The van der Waals surface area contributed by atoms with Crippen LogP contribution in [-0.4, -0.2) is 30.4 Å². The molecule has 1 saturated heterocycles. The number of hydrogen-bond donors (Lipinski definition) is 1. The maximum Gasteiger partial charge on any atom is 0.287 e. The van der Waals surface area contributed by atoms with Gasteiger partial charge in [0.25, 0.3) is 5.91 Å². The number of nitrogens with one attached hydrogen (secondary N) is 1. The van der Waals surface area contributed by atoms with Gasteiger partial charge >= 0.3 is 0 Å². The van der Waals surface area contributed by atoms with Crippen molar-refractivity contribution in [3.63, 3.8) is 0 Å². The number of aryl methyl sites for hydroxylation is 2. The summed E-state index contributed by atoms with van der Waals surface area (Å²) in [5.74, 6) is 1.33. The Hall–Kier alpha value is -2.86. The van der Waals surface area contributed by atoms with Crippen molar-refractivity contribution in [2.45, 2.75) is 39.2 Å². The summed E-state index contributed by atoms with van der Waals surface area (Å²) >= 11 is 0. The van der Waals surface area contributed by atoms with E-state index in [-0.39, 0.29) is 17.2 Å². The van der Waals surface area contributed by atoms with Gasteiger partial charge < -0.3 is 14.2 Å². The molecule has 2 aromatic heterocycles. The standard InChI is InChI=1S/C23H26N2O4/c1-15-6-8-20-17(12-15)19(26)13-22(29-20)23(27)24-14-18(21-9-7-16(2)28-21)25-10-4-3-5-11-25/h6-9,12-13,18H,3-5,10-11,14H2,1-2H3,(H,24,27)/t18-/m0/s1. The third kappa shape index (κ3) is 4.27. The highest BCUT2D eigenvalue weighted by Crippen LogP contribution is 2.26. The fraction of sp³-hybridized carbons (Fsp3) is 0.391. The van der Waals surface area contributed by atoms with Crippen LogP contribution in [-0.2, 0) is 0 Å². The fourth-order valence-corrected chi connectivity index (χ4v) is 3.93. The van der Waals surface area contributed by atoms with E-state index in [1.807, 2.05) is 32.0 Å². The van der Waals surface area contributed by atoms with E-state index in [4.69, 9.17) is 8.83 Å². The van der Waals surface area contributed by atoms with Crippen molar-refractivity contribution in [3.8, 4) is 0 Å². The minimum Gasteiger partial charge on any atom is -0.465 e. The van der Waals surface area contributed by atoms with Crippen LogP contribution in [0.4, 0.5) is 0 Å². The van der Waals surface area contributed by atoms with Crippen molar-refractivity contribution in [1.82, 2.24) is 10.2 Å². The molecule has 1 fully saturated rings. The topological polar surface area (TPSA) is 75.7 Å². The molecule has 1 amide bonds. The van der Waals surface area contributed by atoms with E-state index in [2.05, 4.69) is 10.2 Å². The minimum absolute atomic E-state index is 0.0272. The van der Waals surface area contributed by atoms with E-state index in [1.54, 1.807) is 12.1 Å². The summed E-state index contributed by atoms with van der Waals surface area (Å²) in [6.45, 7) is 6.17. The second-order valence-electron chi connectivity index (χ2n) is 7.75. The van der Waals surface area contributed by atoms with Gasteiger partial charge in [0.2, 0.25) is 0 Å². The zero-order valence-electron chi connectivity index (χ0n) is 16.9. The van der Waals surface area contributed by atoms with E-state index in [1.165, 1.54) is 12.5 Å². The van der Waals surface area contributed by atoms with Crippen molar-refractivity contribution < 1.29 is 13.6 Å². The van der Waals surface area contributed by atoms with E-state index < -0.39 is 5.91 Å². The molecule has 1 atom stereocenters. The van der Waals surface area contributed by atoms with Crippen LogP contribution in [0.15, 0.2) is 50.0 Å². The van der Waals surface area contributed by atoms with Crippen LogP contribution in [0.3, 0.4) is 0 Å². The van der Waals surface area contributed by atoms with Crippen LogP contribution in [0.25, 0.3) is 11.0 Å². The molecule has 0 radical (unpaired) electrons. The Kier molecular flexibility index (Phi) is 5.53. The monoisotopic (exact) mass is 394 g/mol. The van der Waals surface area contributed by atoms with Gasteiger partial charge in [-0.25, -0.2) is 0 Å². The van der Waals surface area contributed by atoms with E-state index in [0.717, 1.165) is 43.0 Å². The number of piperidine rings is 1. The smallest absolute Gasteiger partial charge is 0.287 e. The normalized spacial score (nSPS) is 16.1. The molecule has 0 saturated carbocycles. The van der Waals surface area contributed by atoms with Crippen LogP contribution >= 0.6 is 0 Å². The van der Waals surface area contributed by atoms with Gasteiger partial charge in [0, 0.05) is 12.6 Å². The number of likely N-dealkylation sites (tertiary alicyclic amines) is 1. The summed E-state index contributed by atoms with van der Waals surface area (Å²) in [6.07, 6.45) is 3.51. The maximum atomic E-state index is 12.7. The molecular weight excluding hydrogens is 368 g/mol. The first-order chi connectivity index (χ1) is 14.0. The molecule has 29 heavy (non-hydrogen) atoms. The van der Waals surface area contributed by atoms with Crippen molar-refractivity contribution >= 4 is 16.9 Å². The molecule has 6 heteroatoms. The Bertz CT molecular complexity index is 1080. The molecule has 0 aliphatic carbocycles. The Labute approximate surface area is 169 Å². The lowest BCUT2D eigenvalue weighted by Crippen LogP contribution is -2.40. The predicted octanol–water partition coefficient (Wildman–Crippen LogP) is 3.96. The molecule has 4 rings (SSSR count). The second kappa shape index (κ2) is 8.25. The highest BCUT2D eigenvalue weighted by molar-refractivity contribution is 5.93. The molecule has 0 spiro atoms. The average molecular weight is 394 g/mol. The highest BCUT2D eigenvalue weighted by atomic mass is 16.3.